The van der Waals surface area contributed by atoms with Gasteiger partial charge in [0, 0.05) is 21.9 Å². The molecule has 2 heterocycles. The average Bonchev–Trinajstić information content (AvgIpc) is 3.00. The molecule has 0 N–H and O–H groups in total. The Morgan fingerprint density at radius 2 is 1.50 bits per heavy atom. The second-order valence-corrected chi connectivity index (χ2v) is 6.85. The first-order valence-corrected chi connectivity index (χ1v) is 10.5. The maximum atomic E-state index is 4.18. The molecule has 1 aromatic heterocycles. The van der Waals surface area contributed by atoms with E-state index in [-0.39, 0.29) is 0 Å². The highest BCUT2D eigenvalue weighted by Gasteiger charge is 2.26. The number of rotatable bonds is 7. The van der Waals surface area contributed by atoms with Gasteiger partial charge in [-0.25, -0.2) is 0 Å². The van der Waals surface area contributed by atoms with Crippen molar-refractivity contribution in [1.29, 1.82) is 0 Å². The summed E-state index contributed by atoms with van der Waals surface area (Å²) in [7, 11) is 0. The van der Waals surface area contributed by atoms with Crippen molar-refractivity contribution in [3.05, 3.63) is 113 Å². The van der Waals surface area contributed by atoms with Gasteiger partial charge >= 0.3 is 0 Å². The molecule has 0 atom stereocenters. The molecule has 0 aliphatic carbocycles. The summed E-state index contributed by atoms with van der Waals surface area (Å²) in [5, 5.41) is 2.21. The Bertz CT molecular complexity index is 1150. The summed E-state index contributed by atoms with van der Waals surface area (Å²) in [4.78, 5) is 0. The fourth-order valence-corrected chi connectivity index (χ4v) is 4.12. The van der Waals surface area contributed by atoms with Crippen molar-refractivity contribution in [1.82, 2.24) is 4.57 Å². The molecule has 0 unspecified atom stereocenters. The summed E-state index contributed by atoms with van der Waals surface area (Å²) in [5.41, 5.74) is 7.74. The Hall–Kier alpha value is -3.32. The molecule has 1 aliphatic rings. The zero-order valence-electron chi connectivity index (χ0n) is 18.8. The molecule has 30 heavy (non-hydrogen) atoms. The zero-order valence-corrected chi connectivity index (χ0v) is 18.8. The maximum Gasteiger partial charge on any atom is 0.0616 e. The van der Waals surface area contributed by atoms with Gasteiger partial charge in [-0.05, 0) is 50.5 Å². The number of aromatic nitrogens is 1. The lowest BCUT2D eigenvalue weighted by molar-refractivity contribution is 1.04. The van der Waals surface area contributed by atoms with E-state index in [0.717, 1.165) is 50.7 Å². The lowest BCUT2D eigenvalue weighted by Crippen LogP contribution is -2.29. The number of hydrogen-bond donors (Lipinski definition) is 0. The van der Waals surface area contributed by atoms with Gasteiger partial charge in [-0.2, -0.15) is 0 Å². The summed E-state index contributed by atoms with van der Waals surface area (Å²) in [6, 6.07) is 0. The molecule has 1 aliphatic heterocycles. The smallest absolute Gasteiger partial charge is 0.0616 e. The molecule has 154 valence electrons. The summed E-state index contributed by atoms with van der Waals surface area (Å²) in [5.74, 6) is 0. The minimum absolute atomic E-state index is 0.913. The molecular formula is C29H33N. The van der Waals surface area contributed by atoms with E-state index < -0.39 is 0 Å². The second-order valence-electron chi connectivity index (χ2n) is 6.85. The Morgan fingerprint density at radius 3 is 1.97 bits per heavy atom. The first-order chi connectivity index (χ1) is 14.6. The Kier molecular flexibility index (Phi) is 8.00. The largest absolute Gasteiger partial charge is 0.308 e. The molecule has 2 rings (SSSR count). The van der Waals surface area contributed by atoms with Crippen molar-refractivity contribution in [2.45, 2.75) is 34.1 Å². The van der Waals surface area contributed by atoms with Crippen LogP contribution in [-0.2, 0) is 0 Å². The van der Waals surface area contributed by atoms with Gasteiger partial charge in [0.2, 0.25) is 0 Å². The van der Waals surface area contributed by atoms with Crippen LogP contribution in [-0.4, -0.2) is 4.57 Å². The molecule has 0 aromatic carbocycles. The number of hydrogen-bond acceptors (Lipinski definition) is 0. The fraction of sp³-hybridized carbons (Fsp3) is 0.172. The minimum atomic E-state index is 0.913. The molecule has 1 aromatic rings. The molecule has 0 radical (unpaired) electrons. The third kappa shape index (κ3) is 3.76. The lowest BCUT2D eigenvalue weighted by atomic mass is 9.90. The van der Waals surface area contributed by atoms with E-state index in [2.05, 4.69) is 87.3 Å². The third-order valence-corrected chi connectivity index (χ3v) is 5.17. The van der Waals surface area contributed by atoms with Gasteiger partial charge in [0.1, 0.15) is 0 Å². The van der Waals surface area contributed by atoms with Gasteiger partial charge in [0.15, 0.2) is 0 Å². The van der Waals surface area contributed by atoms with Crippen LogP contribution in [0.3, 0.4) is 0 Å². The van der Waals surface area contributed by atoms with Crippen molar-refractivity contribution in [2.75, 3.05) is 0 Å². The summed E-state index contributed by atoms with van der Waals surface area (Å²) >= 11 is 0. The first-order valence-electron chi connectivity index (χ1n) is 10.5. The predicted molar refractivity (Wildman–Crippen MR) is 137 cm³/mol. The summed E-state index contributed by atoms with van der Waals surface area (Å²) in [6.07, 6.45) is 23.5. The van der Waals surface area contributed by atoms with Crippen LogP contribution in [0.15, 0.2) is 91.6 Å². The number of allylic oxidation sites excluding steroid dienone is 13. The highest BCUT2D eigenvalue weighted by Crippen LogP contribution is 2.39. The Labute approximate surface area is 181 Å². The molecule has 0 amide bonds. The normalized spacial score (nSPS) is 17.3. The van der Waals surface area contributed by atoms with Crippen molar-refractivity contribution < 1.29 is 0 Å². The van der Waals surface area contributed by atoms with E-state index >= 15 is 0 Å². The monoisotopic (exact) mass is 395 g/mol. The van der Waals surface area contributed by atoms with Crippen LogP contribution < -0.4 is 10.6 Å². The van der Waals surface area contributed by atoms with E-state index in [9.17, 15) is 0 Å². The predicted octanol–water partition coefficient (Wildman–Crippen LogP) is 6.74. The van der Waals surface area contributed by atoms with Gasteiger partial charge in [0.05, 0.1) is 16.7 Å². The van der Waals surface area contributed by atoms with Crippen molar-refractivity contribution in [3.8, 4) is 0 Å². The van der Waals surface area contributed by atoms with Crippen LogP contribution in [0.25, 0.3) is 29.5 Å². The van der Waals surface area contributed by atoms with E-state index in [4.69, 9.17) is 0 Å². The lowest BCUT2D eigenvalue weighted by Gasteiger charge is -2.14. The highest BCUT2D eigenvalue weighted by atomic mass is 15.0. The molecule has 1 nitrogen and oxygen atoms in total. The van der Waals surface area contributed by atoms with Gasteiger partial charge in [0.25, 0.3) is 0 Å². The van der Waals surface area contributed by atoms with Gasteiger partial charge in [-0.1, -0.05) is 87.9 Å². The van der Waals surface area contributed by atoms with Crippen LogP contribution in [0.2, 0.25) is 0 Å². The van der Waals surface area contributed by atoms with E-state index in [0.29, 0.717) is 0 Å². The number of fused-ring (bicyclic) bond motifs is 1. The van der Waals surface area contributed by atoms with E-state index in [1.165, 1.54) is 5.57 Å². The molecule has 0 fully saturated rings. The van der Waals surface area contributed by atoms with Crippen LogP contribution in [0, 0.1) is 0 Å². The van der Waals surface area contributed by atoms with Gasteiger partial charge in [-0.3, -0.25) is 0 Å². The number of nitrogens with zero attached hydrogens (tertiary/aromatic N) is 1. The maximum absolute atomic E-state index is 4.18. The highest BCUT2D eigenvalue weighted by molar-refractivity contribution is 5.93. The van der Waals surface area contributed by atoms with E-state index in [1.807, 2.05) is 38.2 Å². The van der Waals surface area contributed by atoms with Gasteiger partial charge in [-0.15, -0.1) is 0 Å². The Morgan fingerprint density at radius 1 is 0.833 bits per heavy atom. The van der Waals surface area contributed by atoms with Crippen LogP contribution in [0.1, 0.15) is 45.4 Å². The topological polar surface area (TPSA) is 4.93 Å². The van der Waals surface area contributed by atoms with Crippen molar-refractivity contribution in [3.63, 3.8) is 0 Å². The summed E-state index contributed by atoms with van der Waals surface area (Å²) in [6.45, 7) is 24.8. The molecule has 0 spiro atoms. The van der Waals surface area contributed by atoms with Crippen molar-refractivity contribution in [2.24, 2.45) is 0 Å². The van der Waals surface area contributed by atoms with Gasteiger partial charge < -0.3 is 4.57 Å². The Balaban J connectivity index is 3.43. The standard InChI is InChI=1S/C29H33N/c1-9-17-24-21(13-5)25(18-10-2)27(16-8)30-28(20-12-4)22(14-6)23(15-7)29(30)26(24)19-11-3/h9-10,12-20H,4-5,7-8,11H2,1-3,6H3/b17-9-,18-10-,22-14-,26-19-,28-20+. The molecular weight excluding hydrogens is 362 g/mol. The van der Waals surface area contributed by atoms with Crippen molar-refractivity contribution >= 4 is 29.5 Å². The summed E-state index contributed by atoms with van der Waals surface area (Å²) < 4.78 is 2.29. The van der Waals surface area contributed by atoms with E-state index in [1.54, 1.807) is 0 Å². The SMILES string of the molecule is C=C/C=c1\c(=C/C)c(C=C)c2n1C(C=C)=C(/C=C\C)C(C=C)=C(/C=C\C)/C2=C/CC. The zero-order chi connectivity index (χ0) is 22.3. The van der Waals surface area contributed by atoms with Crippen LogP contribution in [0.4, 0.5) is 0 Å². The van der Waals surface area contributed by atoms with Crippen LogP contribution in [0.5, 0.6) is 0 Å². The first kappa shape index (κ1) is 23.0. The second kappa shape index (κ2) is 10.5. The quantitative estimate of drug-likeness (QED) is 0.482. The fourth-order valence-electron chi connectivity index (χ4n) is 4.12. The average molecular weight is 396 g/mol. The van der Waals surface area contributed by atoms with Crippen LogP contribution >= 0.6 is 0 Å². The molecule has 1 heteroatoms. The minimum Gasteiger partial charge on any atom is -0.308 e. The molecule has 0 saturated heterocycles. The third-order valence-electron chi connectivity index (χ3n) is 5.17. The molecule has 0 bridgehead atoms. The molecule has 0 saturated carbocycles.